The molecule has 0 spiro atoms. The molecule has 0 bridgehead atoms. The van der Waals surface area contributed by atoms with Crippen LogP contribution in [-0.4, -0.2) is 3.48 Å². The van der Waals surface area contributed by atoms with Gasteiger partial charge in [0.05, 0.1) is 0 Å². The molecule has 0 amide bonds. The first-order valence-corrected chi connectivity index (χ1v) is 13.4. The van der Waals surface area contributed by atoms with Gasteiger partial charge >= 0.3 is 163 Å². The first kappa shape index (κ1) is 17.4. The summed E-state index contributed by atoms with van der Waals surface area (Å²) in [7, 11) is 0. The Labute approximate surface area is 162 Å². The molecule has 0 radical (unpaired) electrons. The standard InChI is InChI=1S/C19H16Br3P/c20-19(21)23(22,16-10-4-1-5-11-16,17-12-6-2-7-13-17)18-14-8-3-9-15-18/h1-15,19H. The van der Waals surface area contributed by atoms with Gasteiger partial charge in [-0.2, -0.15) is 0 Å². The first-order chi connectivity index (χ1) is 11.1. The zero-order valence-electron chi connectivity index (χ0n) is 12.3. The van der Waals surface area contributed by atoms with E-state index in [0.717, 1.165) is 0 Å². The minimum atomic E-state index is -2.86. The normalized spacial score (nSPS) is 13.5. The van der Waals surface area contributed by atoms with E-state index in [-0.39, 0.29) is 3.48 Å². The van der Waals surface area contributed by atoms with Crippen molar-refractivity contribution in [3.8, 4) is 0 Å². The Morgan fingerprint density at radius 3 is 1.00 bits per heavy atom. The van der Waals surface area contributed by atoms with Gasteiger partial charge in [-0.15, -0.1) is 0 Å². The van der Waals surface area contributed by atoms with E-state index in [4.69, 9.17) is 0 Å². The van der Waals surface area contributed by atoms with Gasteiger partial charge in [0.1, 0.15) is 0 Å². The average molecular weight is 515 g/mol. The Balaban J connectivity index is 2.47. The summed E-state index contributed by atoms with van der Waals surface area (Å²) in [6, 6.07) is 32.1. The molecule has 0 aliphatic carbocycles. The second kappa shape index (κ2) is 6.80. The van der Waals surface area contributed by atoms with Crippen LogP contribution in [-0.2, 0) is 0 Å². The average Bonchev–Trinajstić information content (AvgIpc) is 2.63. The van der Waals surface area contributed by atoms with Crippen molar-refractivity contribution in [1.29, 1.82) is 0 Å². The summed E-state index contributed by atoms with van der Waals surface area (Å²) in [5, 5.41) is 0.997. The summed E-state index contributed by atoms with van der Waals surface area (Å²) in [4.78, 5) is 0. The van der Waals surface area contributed by atoms with Gasteiger partial charge in [0.2, 0.25) is 0 Å². The molecular weight excluding hydrogens is 499 g/mol. The van der Waals surface area contributed by atoms with Gasteiger partial charge in [-0.25, -0.2) is 0 Å². The molecule has 0 heterocycles. The molecule has 0 fully saturated rings. The van der Waals surface area contributed by atoms with Crippen LogP contribution in [0.1, 0.15) is 0 Å². The van der Waals surface area contributed by atoms with E-state index in [9.17, 15) is 0 Å². The van der Waals surface area contributed by atoms with Crippen LogP contribution in [0.5, 0.6) is 0 Å². The van der Waals surface area contributed by atoms with Crippen molar-refractivity contribution in [3.63, 3.8) is 0 Å². The van der Waals surface area contributed by atoms with Crippen molar-refractivity contribution in [2.45, 2.75) is 3.48 Å². The second-order valence-electron chi connectivity index (χ2n) is 5.36. The van der Waals surface area contributed by atoms with E-state index in [2.05, 4.69) is 138 Å². The summed E-state index contributed by atoms with van der Waals surface area (Å²) in [5.74, 6) is 0. The summed E-state index contributed by atoms with van der Waals surface area (Å²) < 4.78 is 0.0631. The fourth-order valence-corrected chi connectivity index (χ4v) is 13.2. The van der Waals surface area contributed by atoms with Crippen LogP contribution < -0.4 is 15.9 Å². The number of benzene rings is 3. The molecule has 0 unspecified atom stereocenters. The molecule has 118 valence electrons. The number of hydrogen-bond acceptors (Lipinski definition) is 0. The van der Waals surface area contributed by atoms with Crippen LogP contribution >= 0.6 is 52.7 Å². The van der Waals surface area contributed by atoms with E-state index >= 15 is 0 Å². The van der Waals surface area contributed by atoms with Gasteiger partial charge in [-0.1, -0.05) is 0 Å². The Bertz CT molecular complexity index is 674. The Morgan fingerprint density at radius 1 is 0.522 bits per heavy atom. The molecule has 3 aromatic rings. The Morgan fingerprint density at radius 2 is 0.783 bits per heavy atom. The van der Waals surface area contributed by atoms with Crippen LogP contribution in [0.15, 0.2) is 91.0 Å². The van der Waals surface area contributed by atoms with Crippen LogP contribution in [0.2, 0.25) is 0 Å². The number of hydrogen-bond donors (Lipinski definition) is 0. The first-order valence-electron chi connectivity index (χ1n) is 7.27. The van der Waals surface area contributed by atoms with Gasteiger partial charge in [-0.3, -0.25) is 0 Å². The molecule has 0 atom stereocenters. The third kappa shape index (κ3) is 2.66. The molecule has 0 aliphatic rings. The zero-order valence-corrected chi connectivity index (χ0v) is 18.0. The minimum absolute atomic E-state index is 0.0631. The fraction of sp³-hybridized carbons (Fsp3) is 0.0526. The van der Waals surface area contributed by atoms with Crippen LogP contribution in [0, 0.1) is 0 Å². The molecule has 0 N–H and O–H groups in total. The van der Waals surface area contributed by atoms with E-state index in [1.54, 1.807) is 0 Å². The number of halogens is 3. The van der Waals surface area contributed by atoms with E-state index < -0.39 is 5.31 Å². The molecule has 0 aliphatic heterocycles. The topological polar surface area (TPSA) is 0 Å². The van der Waals surface area contributed by atoms with Crippen molar-refractivity contribution < 1.29 is 0 Å². The van der Waals surface area contributed by atoms with E-state index in [0.29, 0.717) is 0 Å². The van der Waals surface area contributed by atoms with Crippen LogP contribution in [0.4, 0.5) is 0 Å². The van der Waals surface area contributed by atoms with Crippen molar-refractivity contribution >= 4 is 68.6 Å². The molecule has 0 saturated carbocycles. The van der Waals surface area contributed by atoms with Gasteiger partial charge in [0.15, 0.2) is 0 Å². The van der Waals surface area contributed by atoms with Gasteiger partial charge < -0.3 is 0 Å². The number of rotatable bonds is 4. The SMILES string of the molecule is BrC(Br)P(Br)(c1ccccc1)(c1ccccc1)c1ccccc1. The number of alkyl halides is 2. The van der Waals surface area contributed by atoms with Gasteiger partial charge in [0, 0.05) is 0 Å². The maximum atomic E-state index is 4.32. The van der Waals surface area contributed by atoms with Crippen molar-refractivity contribution in [3.05, 3.63) is 91.0 Å². The van der Waals surface area contributed by atoms with Gasteiger partial charge in [-0.05, 0) is 0 Å². The predicted octanol–water partition coefficient (Wildman–Crippen LogP) is 5.90. The Kier molecular flexibility index (Phi) is 5.13. The predicted molar refractivity (Wildman–Crippen MR) is 116 cm³/mol. The molecule has 3 aromatic carbocycles. The molecular formula is C19H16Br3P. The second-order valence-corrected chi connectivity index (χ2v) is 18.5. The third-order valence-electron chi connectivity index (χ3n) is 4.15. The summed E-state index contributed by atoms with van der Waals surface area (Å²) >= 11 is 12.1. The van der Waals surface area contributed by atoms with Crippen LogP contribution in [0.3, 0.4) is 0 Å². The molecule has 4 heteroatoms. The van der Waals surface area contributed by atoms with E-state index in [1.807, 2.05) is 0 Å². The van der Waals surface area contributed by atoms with Gasteiger partial charge in [0.25, 0.3) is 0 Å². The summed E-state index contributed by atoms with van der Waals surface area (Å²) in [6.07, 6.45) is 0. The van der Waals surface area contributed by atoms with Crippen molar-refractivity contribution in [2.24, 2.45) is 0 Å². The van der Waals surface area contributed by atoms with Crippen LogP contribution in [0.25, 0.3) is 0 Å². The molecule has 23 heavy (non-hydrogen) atoms. The van der Waals surface area contributed by atoms with Crippen molar-refractivity contribution in [2.75, 3.05) is 0 Å². The van der Waals surface area contributed by atoms with E-state index in [1.165, 1.54) is 15.9 Å². The third-order valence-corrected chi connectivity index (χ3v) is 21.9. The quantitative estimate of drug-likeness (QED) is 0.300. The molecule has 3 rings (SSSR count). The molecule has 0 aromatic heterocycles. The summed E-state index contributed by atoms with van der Waals surface area (Å²) in [6.45, 7) is 0. The molecule has 0 saturated heterocycles. The fourth-order valence-electron chi connectivity index (χ4n) is 2.94. The Hall–Kier alpha value is -0.470. The van der Waals surface area contributed by atoms with Crippen molar-refractivity contribution in [1.82, 2.24) is 0 Å². The summed E-state index contributed by atoms with van der Waals surface area (Å²) in [5.41, 5.74) is 0. The molecule has 0 nitrogen and oxygen atoms in total. The maximum absolute atomic E-state index is 4.32. The monoisotopic (exact) mass is 512 g/mol. The zero-order chi connectivity index (χ0) is 16.4.